The number of nitrogens with zero attached hydrogens (tertiary/aromatic N) is 2. The summed E-state index contributed by atoms with van der Waals surface area (Å²) in [6.45, 7) is 1.59. The number of methoxy groups -OCH3 is 1. The van der Waals surface area contributed by atoms with Gasteiger partial charge in [0.25, 0.3) is 6.01 Å². The zero-order chi connectivity index (χ0) is 26.6. The van der Waals surface area contributed by atoms with Gasteiger partial charge in [0.1, 0.15) is 0 Å². The van der Waals surface area contributed by atoms with Crippen LogP contribution in [0.5, 0.6) is 0 Å². The maximum Gasteiger partial charge on any atom is 0.357 e. The normalized spacial score (nSPS) is 12.2. The average Bonchev–Trinajstić information content (AvgIpc) is 3.52. The van der Waals surface area contributed by atoms with Crippen molar-refractivity contribution in [3.05, 3.63) is 81.4 Å². The van der Waals surface area contributed by atoms with Crippen molar-refractivity contribution in [2.45, 2.75) is 26.0 Å². The Hall–Kier alpha value is -3.78. The van der Waals surface area contributed by atoms with Gasteiger partial charge in [-0.1, -0.05) is 12.1 Å². The van der Waals surface area contributed by atoms with Crippen LogP contribution in [0.1, 0.15) is 38.2 Å². The van der Waals surface area contributed by atoms with Crippen molar-refractivity contribution in [3.8, 4) is 11.3 Å². The van der Waals surface area contributed by atoms with Crippen molar-refractivity contribution >= 4 is 39.3 Å². The van der Waals surface area contributed by atoms with Gasteiger partial charge in [0.15, 0.2) is 5.76 Å². The highest BCUT2D eigenvalue weighted by molar-refractivity contribution is 7.87. The van der Waals surface area contributed by atoms with Crippen LogP contribution in [0.3, 0.4) is 0 Å². The third-order valence-corrected chi connectivity index (χ3v) is 6.69. The van der Waals surface area contributed by atoms with Crippen LogP contribution in [0.25, 0.3) is 11.3 Å². The Kier molecular flexibility index (Phi) is 7.88. The molecule has 194 valence electrons. The van der Waals surface area contributed by atoms with Gasteiger partial charge in [0, 0.05) is 10.9 Å². The number of aryl methyl sites for hydroxylation is 1. The van der Waals surface area contributed by atoms with Gasteiger partial charge >= 0.3 is 16.3 Å². The summed E-state index contributed by atoms with van der Waals surface area (Å²) in [6.07, 6.45) is 2.00. The van der Waals surface area contributed by atoms with Crippen LogP contribution in [-0.4, -0.2) is 41.1 Å². The largest absolute Gasteiger partial charge is 0.465 e. The first kappa shape index (κ1) is 26.3. The molecule has 0 aliphatic carbocycles. The highest BCUT2D eigenvalue weighted by Gasteiger charge is 2.20. The molecular weight excluding hydrogens is 520 g/mol. The van der Waals surface area contributed by atoms with Gasteiger partial charge in [-0.25, -0.2) is 14.8 Å². The summed E-state index contributed by atoms with van der Waals surface area (Å²) in [4.78, 5) is 20.7. The zero-order valence-electron chi connectivity index (χ0n) is 19.8. The summed E-state index contributed by atoms with van der Waals surface area (Å²) in [5.41, 5.74) is 3.26. The molecule has 0 saturated heterocycles. The zero-order valence-corrected chi connectivity index (χ0v) is 21.5. The number of hydrogen-bond donors (Lipinski definition) is 4. The number of rotatable bonds is 10. The van der Waals surface area contributed by atoms with E-state index in [0.717, 1.165) is 16.3 Å². The smallest absolute Gasteiger partial charge is 0.357 e. The highest BCUT2D eigenvalue weighted by atomic mass is 32.2. The molecule has 37 heavy (non-hydrogen) atoms. The third kappa shape index (κ3) is 6.71. The van der Waals surface area contributed by atoms with E-state index >= 15 is 0 Å². The van der Waals surface area contributed by atoms with E-state index < -0.39 is 16.3 Å². The number of aliphatic hydroxyl groups is 1. The summed E-state index contributed by atoms with van der Waals surface area (Å²) >= 11 is 1.50. The van der Waals surface area contributed by atoms with Crippen LogP contribution in [0.4, 0.5) is 11.7 Å². The van der Waals surface area contributed by atoms with Gasteiger partial charge in [-0.2, -0.15) is 8.42 Å². The molecular formula is C24H24N4O7S2. The van der Waals surface area contributed by atoms with E-state index in [1.165, 1.54) is 30.7 Å². The number of nitrogens with one attached hydrogen (secondary N) is 2. The summed E-state index contributed by atoms with van der Waals surface area (Å²) in [6, 6.07) is 11.2. The van der Waals surface area contributed by atoms with Gasteiger partial charge in [0.2, 0.25) is 0 Å². The maximum atomic E-state index is 11.8. The van der Waals surface area contributed by atoms with E-state index in [9.17, 15) is 18.3 Å². The average molecular weight is 545 g/mol. The number of thiazole rings is 1. The van der Waals surface area contributed by atoms with E-state index in [1.54, 1.807) is 36.4 Å². The van der Waals surface area contributed by atoms with Crippen LogP contribution in [0, 0.1) is 6.92 Å². The molecule has 4 N–H and O–H groups in total. The first-order valence-electron chi connectivity index (χ1n) is 11.0. The molecule has 0 unspecified atom stereocenters. The molecule has 4 rings (SSSR count). The van der Waals surface area contributed by atoms with Crippen LogP contribution in [0.15, 0.2) is 58.5 Å². The van der Waals surface area contributed by atoms with E-state index in [-0.39, 0.29) is 24.4 Å². The molecule has 0 spiro atoms. The summed E-state index contributed by atoms with van der Waals surface area (Å²) in [5, 5.41) is 15.9. The first-order chi connectivity index (χ1) is 17.6. The molecule has 0 aliphatic heterocycles. The Labute approximate surface area is 217 Å². The summed E-state index contributed by atoms with van der Waals surface area (Å²) < 4.78 is 43.7. The summed E-state index contributed by atoms with van der Waals surface area (Å²) in [7, 11) is -3.07. The molecule has 4 aromatic rings. The van der Waals surface area contributed by atoms with E-state index in [1.807, 2.05) is 17.0 Å². The quantitative estimate of drug-likeness (QED) is 0.169. The highest BCUT2D eigenvalue weighted by Crippen LogP contribution is 2.30. The second-order valence-corrected chi connectivity index (χ2v) is 10.2. The van der Waals surface area contributed by atoms with Gasteiger partial charge in [-0.05, 0) is 54.8 Å². The fraction of sp³-hybridized carbons (Fsp3) is 0.208. The number of oxazole rings is 1. The molecule has 1 atom stereocenters. The standard InChI is InChI=1S/C24H24N4O7S2/c1-14-26-21(13-36-14)20(9-15-3-6-18(7-4-15)28-37(31,32)33)27-24-25-11-22(35-24)19-8-5-16(23(30)34-2)10-17(19)12-29/h3-8,10-11,13,20,28-29H,9,12H2,1-2H3,(H,25,27)(H,31,32,33)/t20-/m0/s1. The van der Waals surface area contributed by atoms with Crippen molar-refractivity contribution < 1.29 is 32.0 Å². The molecule has 0 aliphatic rings. The lowest BCUT2D eigenvalue weighted by atomic mass is 10.0. The van der Waals surface area contributed by atoms with Crippen LogP contribution in [-0.2, 0) is 28.1 Å². The fourth-order valence-corrected chi connectivity index (χ4v) is 4.79. The van der Waals surface area contributed by atoms with E-state index in [4.69, 9.17) is 13.7 Å². The van der Waals surface area contributed by atoms with Crippen LogP contribution >= 0.6 is 11.3 Å². The molecule has 11 nitrogen and oxygen atoms in total. The number of esters is 1. The van der Waals surface area contributed by atoms with Crippen LogP contribution in [0.2, 0.25) is 0 Å². The number of anilines is 2. The number of carbonyl (C=O) groups is 1. The molecule has 0 saturated carbocycles. The van der Waals surface area contributed by atoms with Crippen molar-refractivity contribution in [1.82, 2.24) is 9.97 Å². The Morgan fingerprint density at radius 1 is 1.22 bits per heavy atom. The Bertz CT molecular complexity index is 1500. The lowest BCUT2D eigenvalue weighted by Gasteiger charge is -2.16. The molecule has 0 fully saturated rings. The van der Waals surface area contributed by atoms with Crippen molar-refractivity contribution in [2.75, 3.05) is 17.1 Å². The predicted molar refractivity (Wildman–Crippen MR) is 138 cm³/mol. The molecule has 0 radical (unpaired) electrons. The Balaban J connectivity index is 1.57. The van der Waals surface area contributed by atoms with Gasteiger partial charge < -0.3 is 19.6 Å². The number of hydrogen-bond acceptors (Lipinski definition) is 10. The second-order valence-electron chi connectivity index (χ2n) is 8.02. The number of aliphatic hydroxyl groups excluding tert-OH is 1. The molecule has 2 aromatic carbocycles. The fourth-order valence-electron chi connectivity index (χ4n) is 3.69. The third-order valence-electron chi connectivity index (χ3n) is 5.40. The number of benzene rings is 2. The topological polar surface area (TPSA) is 164 Å². The van der Waals surface area contributed by atoms with Gasteiger partial charge in [-0.3, -0.25) is 9.27 Å². The number of carbonyl (C=O) groups excluding carboxylic acids is 1. The molecule has 0 amide bonds. The van der Waals surface area contributed by atoms with Gasteiger partial charge in [0.05, 0.1) is 47.9 Å². The lowest BCUT2D eigenvalue weighted by Crippen LogP contribution is -2.15. The minimum Gasteiger partial charge on any atom is -0.465 e. The Morgan fingerprint density at radius 2 is 1.97 bits per heavy atom. The monoisotopic (exact) mass is 544 g/mol. The maximum absolute atomic E-state index is 11.8. The van der Waals surface area contributed by atoms with E-state index in [0.29, 0.717) is 28.9 Å². The summed E-state index contributed by atoms with van der Waals surface area (Å²) in [5.74, 6) is -0.110. The van der Waals surface area contributed by atoms with Crippen LogP contribution < -0.4 is 10.0 Å². The minimum atomic E-state index is -4.36. The molecule has 2 heterocycles. The molecule has 13 heteroatoms. The predicted octanol–water partition coefficient (Wildman–Crippen LogP) is 4.00. The second kappa shape index (κ2) is 11.1. The van der Waals surface area contributed by atoms with Crippen molar-refractivity contribution in [2.24, 2.45) is 0 Å². The lowest BCUT2D eigenvalue weighted by molar-refractivity contribution is 0.0600. The van der Waals surface area contributed by atoms with E-state index in [2.05, 4.69) is 15.3 Å². The molecule has 2 aromatic heterocycles. The molecule has 0 bridgehead atoms. The van der Waals surface area contributed by atoms with Gasteiger partial charge in [-0.15, -0.1) is 11.3 Å². The number of aromatic nitrogens is 2. The van der Waals surface area contributed by atoms with Crippen molar-refractivity contribution in [3.63, 3.8) is 0 Å². The van der Waals surface area contributed by atoms with Crippen molar-refractivity contribution in [1.29, 1.82) is 0 Å². The Morgan fingerprint density at radius 3 is 2.59 bits per heavy atom. The number of ether oxygens (including phenoxy) is 1. The first-order valence-corrected chi connectivity index (χ1v) is 13.3. The SMILES string of the molecule is COC(=O)c1ccc(-c2cnc(N[C@@H](Cc3ccc(NS(=O)(=O)O)cc3)c3csc(C)n3)o2)c(CO)c1. The minimum absolute atomic E-state index is 0.232.